The highest BCUT2D eigenvalue weighted by Crippen LogP contribution is 2.32. The molecule has 7 heteroatoms. The number of fused-ring (bicyclic) bond motifs is 1. The number of benzene rings is 1. The van der Waals surface area contributed by atoms with E-state index in [1.165, 1.54) is 0 Å². The smallest absolute Gasteiger partial charge is 0.243 e. The topological polar surface area (TPSA) is 62.3 Å². The van der Waals surface area contributed by atoms with E-state index in [0.717, 1.165) is 11.8 Å². The third-order valence-corrected chi connectivity index (χ3v) is 6.38. The third-order valence-electron chi connectivity index (χ3n) is 3.88. The van der Waals surface area contributed by atoms with Crippen LogP contribution >= 0.6 is 15.9 Å². The Morgan fingerprint density at radius 1 is 1.38 bits per heavy atom. The van der Waals surface area contributed by atoms with Crippen LogP contribution in [0.4, 0.5) is 0 Å². The van der Waals surface area contributed by atoms with Gasteiger partial charge >= 0.3 is 0 Å². The van der Waals surface area contributed by atoms with Crippen LogP contribution in [0.3, 0.4) is 0 Å². The normalized spacial score (nSPS) is 20.2. The van der Waals surface area contributed by atoms with Gasteiger partial charge in [-0.15, -0.1) is 0 Å². The van der Waals surface area contributed by atoms with E-state index in [0.29, 0.717) is 27.8 Å². The predicted molar refractivity (Wildman–Crippen MR) is 85.7 cm³/mol. The molecule has 3 rings (SSSR count). The second kappa shape index (κ2) is 5.64. The lowest BCUT2D eigenvalue weighted by Gasteiger charge is -2.18. The van der Waals surface area contributed by atoms with Gasteiger partial charge in [0.25, 0.3) is 0 Å². The highest BCUT2D eigenvalue weighted by atomic mass is 79.9. The molecule has 0 saturated carbocycles. The quantitative estimate of drug-likeness (QED) is 0.898. The van der Waals surface area contributed by atoms with E-state index in [1.807, 2.05) is 13.1 Å². The van der Waals surface area contributed by atoms with Crippen molar-refractivity contribution in [3.63, 3.8) is 0 Å². The van der Waals surface area contributed by atoms with E-state index in [-0.39, 0.29) is 6.04 Å². The van der Waals surface area contributed by atoms with Crippen LogP contribution in [0.2, 0.25) is 0 Å². The van der Waals surface area contributed by atoms with Crippen molar-refractivity contribution in [3.8, 4) is 0 Å². The summed E-state index contributed by atoms with van der Waals surface area (Å²) >= 11 is 3.42. The minimum atomic E-state index is -3.50. The Balaban J connectivity index is 2.12. The van der Waals surface area contributed by atoms with Gasteiger partial charge in [0.1, 0.15) is 0 Å². The fraction of sp³-hybridized carbons (Fsp3) is 0.357. The number of aromatic nitrogens is 1. The summed E-state index contributed by atoms with van der Waals surface area (Å²) in [6.45, 7) is 1.06. The summed E-state index contributed by atoms with van der Waals surface area (Å²) in [5, 5.41) is 4.65. The average Bonchev–Trinajstić information content (AvgIpc) is 2.97. The van der Waals surface area contributed by atoms with Crippen LogP contribution in [0.15, 0.2) is 40.0 Å². The maximum atomic E-state index is 12.9. The van der Waals surface area contributed by atoms with Gasteiger partial charge in [-0.05, 0) is 35.5 Å². The molecule has 1 atom stereocenters. The summed E-state index contributed by atoms with van der Waals surface area (Å²) in [6.07, 6.45) is 4.14. The Morgan fingerprint density at radius 2 is 2.19 bits per heavy atom. The van der Waals surface area contributed by atoms with Crippen LogP contribution in [0.25, 0.3) is 10.8 Å². The second-order valence-corrected chi connectivity index (χ2v) is 7.87. The first-order valence-corrected chi connectivity index (χ1v) is 8.97. The van der Waals surface area contributed by atoms with E-state index < -0.39 is 10.0 Å². The van der Waals surface area contributed by atoms with E-state index in [2.05, 4.69) is 26.2 Å². The highest BCUT2D eigenvalue weighted by Gasteiger charge is 2.33. The van der Waals surface area contributed by atoms with Gasteiger partial charge in [-0.1, -0.05) is 12.1 Å². The van der Waals surface area contributed by atoms with Gasteiger partial charge in [0, 0.05) is 46.8 Å². The molecule has 0 radical (unpaired) electrons. The Labute approximate surface area is 132 Å². The van der Waals surface area contributed by atoms with Crippen molar-refractivity contribution in [1.82, 2.24) is 14.6 Å². The first kappa shape index (κ1) is 14.9. The molecule has 0 aliphatic carbocycles. The Hall–Kier alpha value is -1.02. The van der Waals surface area contributed by atoms with E-state index in [4.69, 9.17) is 0 Å². The molecule has 0 bridgehead atoms. The van der Waals surface area contributed by atoms with E-state index in [9.17, 15) is 8.42 Å². The Bertz CT molecular complexity index is 774. The van der Waals surface area contributed by atoms with Crippen molar-refractivity contribution < 1.29 is 8.42 Å². The molecule has 21 heavy (non-hydrogen) atoms. The third kappa shape index (κ3) is 2.59. The number of hydrogen-bond acceptors (Lipinski definition) is 4. The van der Waals surface area contributed by atoms with Crippen molar-refractivity contribution >= 4 is 36.7 Å². The fourth-order valence-corrected chi connectivity index (χ4v) is 5.12. The largest absolute Gasteiger partial charge is 0.316 e. The maximum Gasteiger partial charge on any atom is 0.243 e. The van der Waals surface area contributed by atoms with Crippen molar-refractivity contribution in [3.05, 3.63) is 35.1 Å². The standard InChI is InChI=1S/C14H16BrN3O2S/c1-16-11-5-6-18(9-11)21(19,20)13-4-2-3-10-7-17-8-12(15)14(10)13/h2-4,7-8,11,16H,5-6,9H2,1H3/t11-/m0/s1. The zero-order valence-corrected chi connectivity index (χ0v) is 14.0. The molecule has 2 aromatic rings. The lowest BCUT2D eigenvalue weighted by Crippen LogP contribution is -2.33. The molecular weight excluding hydrogens is 354 g/mol. The van der Waals surface area contributed by atoms with Gasteiger partial charge in [0.05, 0.1) is 4.90 Å². The average molecular weight is 370 g/mol. The number of likely N-dealkylation sites (N-methyl/N-ethyl adjacent to an activating group) is 1. The number of nitrogens with zero attached hydrogens (tertiary/aromatic N) is 2. The SMILES string of the molecule is CN[C@H]1CCN(S(=O)(=O)c2cccc3cncc(Br)c23)C1. The zero-order valence-electron chi connectivity index (χ0n) is 11.6. The Morgan fingerprint density at radius 3 is 2.90 bits per heavy atom. The van der Waals surface area contributed by atoms with Gasteiger partial charge in [-0.3, -0.25) is 4.98 Å². The minimum Gasteiger partial charge on any atom is -0.316 e. The number of pyridine rings is 1. The molecule has 0 spiro atoms. The monoisotopic (exact) mass is 369 g/mol. The van der Waals surface area contributed by atoms with Crippen LogP contribution in [0, 0.1) is 0 Å². The molecule has 1 fully saturated rings. The second-order valence-electron chi connectivity index (χ2n) is 5.11. The van der Waals surface area contributed by atoms with Crippen LogP contribution in [0.5, 0.6) is 0 Å². The lowest BCUT2D eigenvalue weighted by molar-refractivity contribution is 0.465. The molecule has 2 heterocycles. The summed E-state index contributed by atoms with van der Waals surface area (Å²) in [7, 11) is -1.63. The molecule has 1 aromatic carbocycles. The van der Waals surface area contributed by atoms with Crippen LogP contribution in [-0.2, 0) is 10.0 Å². The van der Waals surface area contributed by atoms with Gasteiger partial charge in [-0.25, -0.2) is 8.42 Å². The first-order valence-electron chi connectivity index (χ1n) is 6.73. The molecule has 0 amide bonds. The zero-order chi connectivity index (χ0) is 15.0. The molecule has 1 aliphatic rings. The summed E-state index contributed by atoms with van der Waals surface area (Å²) in [6, 6.07) is 5.51. The molecule has 1 aliphatic heterocycles. The summed E-state index contributed by atoms with van der Waals surface area (Å²) in [5.74, 6) is 0. The van der Waals surface area contributed by atoms with Gasteiger partial charge in [0.2, 0.25) is 10.0 Å². The molecule has 112 valence electrons. The Kier molecular flexibility index (Phi) is 4.00. The lowest BCUT2D eigenvalue weighted by atomic mass is 10.2. The number of halogens is 1. The van der Waals surface area contributed by atoms with Crippen molar-refractivity contribution in [2.45, 2.75) is 17.4 Å². The van der Waals surface area contributed by atoms with Crippen molar-refractivity contribution in [2.24, 2.45) is 0 Å². The summed E-state index contributed by atoms with van der Waals surface area (Å²) in [4.78, 5) is 4.43. The molecule has 5 nitrogen and oxygen atoms in total. The van der Waals surface area contributed by atoms with Gasteiger partial charge in [0.15, 0.2) is 0 Å². The molecule has 1 saturated heterocycles. The molecule has 1 aromatic heterocycles. The molecule has 0 unspecified atom stereocenters. The van der Waals surface area contributed by atoms with Gasteiger partial charge in [-0.2, -0.15) is 4.31 Å². The molecular formula is C14H16BrN3O2S. The highest BCUT2D eigenvalue weighted by molar-refractivity contribution is 9.10. The summed E-state index contributed by atoms with van der Waals surface area (Å²) in [5.41, 5.74) is 0. The number of rotatable bonds is 3. The van der Waals surface area contributed by atoms with Crippen molar-refractivity contribution in [2.75, 3.05) is 20.1 Å². The number of hydrogen-bond donors (Lipinski definition) is 1. The minimum absolute atomic E-state index is 0.222. The summed E-state index contributed by atoms with van der Waals surface area (Å²) < 4.78 is 28.1. The van der Waals surface area contributed by atoms with Crippen LogP contribution in [-0.4, -0.2) is 43.9 Å². The first-order chi connectivity index (χ1) is 10.0. The molecule has 1 N–H and O–H groups in total. The maximum absolute atomic E-state index is 12.9. The van der Waals surface area contributed by atoms with E-state index in [1.54, 1.807) is 28.8 Å². The number of nitrogens with one attached hydrogen (secondary N) is 1. The van der Waals surface area contributed by atoms with E-state index >= 15 is 0 Å². The van der Waals surface area contributed by atoms with Gasteiger partial charge < -0.3 is 5.32 Å². The predicted octanol–water partition coefficient (Wildman–Crippen LogP) is 1.98. The number of sulfonamides is 1. The van der Waals surface area contributed by atoms with Crippen LogP contribution in [0.1, 0.15) is 6.42 Å². The van der Waals surface area contributed by atoms with Crippen molar-refractivity contribution in [1.29, 1.82) is 0 Å². The fourth-order valence-electron chi connectivity index (χ4n) is 2.70. The van der Waals surface area contributed by atoms with Crippen LogP contribution < -0.4 is 5.32 Å².